The van der Waals surface area contributed by atoms with Gasteiger partial charge in [0.1, 0.15) is 0 Å². The van der Waals surface area contributed by atoms with Gasteiger partial charge in [-0.1, -0.05) is 49.4 Å². The van der Waals surface area contributed by atoms with Crippen molar-refractivity contribution in [1.82, 2.24) is 5.32 Å². The van der Waals surface area contributed by atoms with Gasteiger partial charge in [-0.25, -0.2) is 0 Å². The van der Waals surface area contributed by atoms with Crippen LogP contribution < -0.4 is 10.6 Å². The molecule has 3 rings (SSSR count). The van der Waals surface area contributed by atoms with Gasteiger partial charge in [-0.15, -0.1) is 0 Å². The lowest BCUT2D eigenvalue weighted by atomic mass is 10.1. The van der Waals surface area contributed by atoms with Crippen LogP contribution in [0.5, 0.6) is 0 Å². The van der Waals surface area contributed by atoms with Crippen molar-refractivity contribution in [3.05, 3.63) is 78.3 Å². The third kappa shape index (κ3) is 4.85. The average Bonchev–Trinajstić information content (AvgIpc) is 3.17. The second kappa shape index (κ2) is 8.85. The fraction of sp³-hybridized carbons (Fsp3) is 0.182. The number of hydrogen-bond acceptors (Lipinski definition) is 3. The van der Waals surface area contributed by atoms with Crippen LogP contribution in [0.3, 0.4) is 0 Å². The van der Waals surface area contributed by atoms with E-state index >= 15 is 0 Å². The Labute approximate surface area is 158 Å². The monoisotopic (exact) mass is 362 g/mol. The predicted molar refractivity (Wildman–Crippen MR) is 105 cm³/mol. The number of carbonyl (C=O) groups excluding carboxylic acids is 2. The van der Waals surface area contributed by atoms with Gasteiger partial charge in [-0.05, 0) is 35.7 Å². The lowest BCUT2D eigenvalue weighted by Crippen LogP contribution is -2.23. The third-order valence-corrected chi connectivity index (χ3v) is 4.10. The molecule has 2 aromatic carbocycles. The van der Waals surface area contributed by atoms with Crippen LogP contribution in [-0.2, 0) is 11.3 Å². The first kappa shape index (κ1) is 18.5. The van der Waals surface area contributed by atoms with Crippen LogP contribution in [0.4, 0.5) is 5.69 Å². The Bertz CT molecular complexity index is 916. The highest BCUT2D eigenvalue weighted by Crippen LogP contribution is 2.24. The molecule has 5 nitrogen and oxygen atoms in total. The summed E-state index contributed by atoms with van der Waals surface area (Å²) >= 11 is 0. The Morgan fingerprint density at radius 2 is 1.81 bits per heavy atom. The fourth-order valence-corrected chi connectivity index (χ4v) is 2.80. The summed E-state index contributed by atoms with van der Waals surface area (Å²) in [4.78, 5) is 24.3. The van der Waals surface area contributed by atoms with Crippen molar-refractivity contribution < 1.29 is 14.0 Å². The summed E-state index contributed by atoms with van der Waals surface area (Å²) in [6.07, 6.45) is 2.80. The lowest BCUT2D eigenvalue weighted by Gasteiger charge is -2.08. The molecule has 27 heavy (non-hydrogen) atoms. The zero-order valence-electron chi connectivity index (χ0n) is 15.2. The van der Waals surface area contributed by atoms with Crippen LogP contribution in [0.2, 0.25) is 0 Å². The van der Waals surface area contributed by atoms with Gasteiger partial charge in [0.15, 0.2) is 5.76 Å². The van der Waals surface area contributed by atoms with E-state index in [1.165, 1.54) is 6.26 Å². The molecule has 0 aliphatic rings. The van der Waals surface area contributed by atoms with E-state index in [1.54, 1.807) is 6.07 Å². The van der Waals surface area contributed by atoms with Crippen LogP contribution in [-0.4, -0.2) is 11.8 Å². The molecule has 0 atom stereocenters. The topological polar surface area (TPSA) is 71.3 Å². The molecule has 0 aliphatic heterocycles. The molecule has 0 saturated heterocycles. The molecular weight excluding hydrogens is 340 g/mol. The Morgan fingerprint density at radius 1 is 1.00 bits per heavy atom. The summed E-state index contributed by atoms with van der Waals surface area (Å²) in [7, 11) is 0. The molecule has 138 valence electrons. The van der Waals surface area contributed by atoms with E-state index in [2.05, 4.69) is 10.6 Å². The summed E-state index contributed by atoms with van der Waals surface area (Å²) in [5, 5.41) is 5.73. The van der Waals surface area contributed by atoms with E-state index in [4.69, 9.17) is 4.42 Å². The van der Waals surface area contributed by atoms with Crippen LogP contribution in [0.15, 0.2) is 71.3 Å². The van der Waals surface area contributed by atoms with Crippen LogP contribution >= 0.6 is 0 Å². The van der Waals surface area contributed by atoms with Crippen LogP contribution in [0.1, 0.15) is 35.9 Å². The van der Waals surface area contributed by atoms with E-state index in [0.29, 0.717) is 13.0 Å². The molecule has 2 amide bonds. The number of anilines is 1. The molecule has 2 N–H and O–H groups in total. The second-order valence-electron chi connectivity index (χ2n) is 6.21. The number of rotatable bonds is 7. The quantitative estimate of drug-likeness (QED) is 0.644. The zero-order valence-corrected chi connectivity index (χ0v) is 15.2. The van der Waals surface area contributed by atoms with E-state index in [-0.39, 0.29) is 17.6 Å². The lowest BCUT2D eigenvalue weighted by molar-refractivity contribution is -0.116. The maximum absolute atomic E-state index is 12.5. The first-order valence-electron chi connectivity index (χ1n) is 8.97. The van der Waals surface area contributed by atoms with Crippen LogP contribution in [0, 0.1) is 0 Å². The van der Waals surface area contributed by atoms with Gasteiger partial charge in [0.2, 0.25) is 5.91 Å². The van der Waals surface area contributed by atoms with Crippen molar-refractivity contribution in [3.8, 4) is 11.1 Å². The van der Waals surface area contributed by atoms with Crippen molar-refractivity contribution in [2.45, 2.75) is 26.3 Å². The minimum atomic E-state index is -0.278. The number of furan rings is 1. The number of amides is 2. The highest BCUT2D eigenvalue weighted by molar-refractivity contribution is 5.98. The summed E-state index contributed by atoms with van der Waals surface area (Å²) in [6.45, 7) is 2.30. The first-order chi connectivity index (χ1) is 13.2. The Balaban J connectivity index is 1.65. The molecular formula is C22H22N2O3. The van der Waals surface area contributed by atoms with Gasteiger partial charge in [-0.3, -0.25) is 9.59 Å². The van der Waals surface area contributed by atoms with Gasteiger partial charge >= 0.3 is 0 Å². The molecule has 0 unspecified atom stereocenters. The van der Waals surface area contributed by atoms with Gasteiger partial charge < -0.3 is 15.1 Å². The minimum Gasteiger partial charge on any atom is -0.459 e. The van der Waals surface area contributed by atoms with Crippen molar-refractivity contribution in [2.75, 3.05) is 5.32 Å². The fourth-order valence-electron chi connectivity index (χ4n) is 2.80. The molecule has 1 heterocycles. The number of nitrogens with one attached hydrogen (secondary N) is 2. The van der Waals surface area contributed by atoms with Gasteiger partial charge in [0.05, 0.1) is 6.26 Å². The van der Waals surface area contributed by atoms with Gasteiger partial charge in [0.25, 0.3) is 5.91 Å². The molecule has 1 aromatic heterocycles. The highest BCUT2D eigenvalue weighted by Gasteiger charge is 2.16. The molecule has 5 heteroatoms. The third-order valence-electron chi connectivity index (χ3n) is 4.10. The normalized spacial score (nSPS) is 10.4. The maximum Gasteiger partial charge on any atom is 0.287 e. The van der Waals surface area contributed by atoms with Crippen LogP contribution in [0.25, 0.3) is 11.1 Å². The van der Waals surface area contributed by atoms with Crippen molar-refractivity contribution in [1.29, 1.82) is 0 Å². The largest absolute Gasteiger partial charge is 0.459 e. The Hall–Kier alpha value is -3.34. The molecule has 0 spiro atoms. The van der Waals surface area contributed by atoms with Gasteiger partial charge in [0, 0.05) is 24.2 Å². The average molecular weight is 362 g/mol. The van der Waals surface area contributed by atoms with E-state index in [1.807, 2.05) is 61.5 Å². The Kier molecular flexibility index (Phi) is 6.05. The molecule has 0 radical (unpaired) electrons. The summed E-state index contributed by atoms with van der Waals surface area (Å²) in [6, 6.07) is 18.9. The first-order valence-corrected chi connectivity index (χ1v) is 8.97. The zero-order chi connectivity index (χ0) is 19.1. The summed E-state index contributed by atoms with van der Waals surface area (Å²) < 4.78 is 5.40. The highest BCUT2D eigenvalue weighted by atomic mass is 16.3. The van der Waals surface area contributed by atoms with Gasteiger partial charge in [-0.2, -0.15) is 0 Å². The standard InChI is InChI=1S/C22H22N2O3/c1-2-7-20(25)24-18-11-6-8-16(14-18)15-23-22(26)21-19(12-13-27-21)17-9-4-3-5-10-17/h3-6,8-14H,2,7,15H2,1H3,(H,23,26)(H,24,25). The number of benzene rings is 2. The number of hydrogen-bond donors (Lipinski definition) is 2. The SMILES string of the molecule is CCCC(=O)Nc1cccc(CNC(=O)c2occc2-c2ccccc2)c1. The van der Waals surface area contributed by atoms with E-state index in [0.717, 1.165) is 28.8 Å². The Morgan fingerprint density at radius 3 is 2.59 bits per heavy atom. The smallest absolute Gasteiger partial charge is 0.287 e. The van der Waals surface area contributed by atoms with E-state index in [9.17, 15) is 9.59 Å². The van der Waals surface area contributed by atoms with Crippen molar-refractivity contribution in [3.63, 3.8) is 0 Å². The molecule has 0 saturated carbocycles. The number of carbonyl (C=O) groups is 2. The molecule has 0 bridgehead atoms. The van der Waals surface area contributed by atoms with E-state index < -0.39 is 0 Å². The summed E-state index contributed by atoms with van der Waals surface area (Å²) in [5.41, 5.74) is 3.30. The van der Waals surface area contributed by atoms with Crippen molar-refractivity contribution in [2.24, 2.45) is 0 Å². The minimum absolute atomic E-state index is 0.0122. The second-order valence-corrected chi connectivity index (χ2v) is 6.21. The molecule has 3 aromatic rings. The molecule has 0 aliphatic carbocycles. The predicted octanol–water partition coefficient (Wildman–Crippen LogP) is 4.62. The molecule has 0 fully saturated rings. The summed E-state index contributed by atoms with van der Waals surface area (Å²) in [5.74, 6) is -0.00495. The maximum atomic E-state index is 12.5. The van der Waals surface area contributed by atoms with Crippen molar-refractivity contribution >= 4 is 17.5 Å².